The molecule has 3 saturated carbocycles. The zero-order chi connectivity index (χ0) is 18.7. The van der Waals surface area contributed by atoms with Crippen molar-refractivity contribution in [3.8, 4) is 0 Å². The Labute approximate surface area is 159 Å². The first-order valence-electron chi connectivity index (χ1n) is 10.6. The van der Waals surface area contributed by atoms with Gasteiger partial charge in [0.2, 0.25) is 0 Å². The number of fused-ring (bicyclic) bond motifs is 3. The number of allylic oxidation sites excluding steroid dienone is 1. The van der Waals surface area contributed by atoms with E-state index in [1.807, 2.05) is 6.07 Å². The predicted octanol–water partition coefficient (Wildman–Crippen LogP) is 6.55. The van der Waals surface area contributed by atoms with Crippen LogP contribution in [-0.2, 0) is 0 Å². The van der Waals surface area contributed by atoms with Gasteiger partial charge in [0, 0.05) is 0 Å². The molecule has 4 rings (SSSR count). The number of hydrogen-bond acceptors (Lipinski definition) is 1. The molecule has 2 unspecified atom stereocenters. The molecule has 1 nitrogen and oxygen atoms in total. The molecule has 1 aromatic rings. The summed E-state index contributed by atoms with van der Waals surface area (Å²) in [6, 6.07) is 10.3. The Morgan fingerprint density at radius 2 is 1.65 bits per heavy atom. The van der Waals surface area contributed by atoms with Crippen LogP contribution in [0, 0.1) is 34.0 Å². The highest BCUT2D eigenvalue weighted by molar-refractivity contribution is 5.25. The van der Waals surface area contributed by atoms with Gasteiger partial charge < -0.3 is 5.11 Å². The smallest absolute Gasteiger partial charge is 0.0823 e. The van der Waals surface area contributed by atoms with Crippen molar-refractivity contribution in [1.29, 1.82) is 0 Å². The maximum atomic E-state index is 11.2. The molecule has 3 aliphatic rings. The van der Waals surface area contributed by atoms with Crippen LogP contribution < -0.4 is 0 Å². The van der Waals surface area contributed by atoms with Crippen molar-refractivity contribution in [1.82, 2.24) is 0 Å². The minimum Gasteiger partial charge on any atom is -0.388 e. The van der Waals surface area contributed by atoms with Crippen LogP contribution in [0.25, 0.3) is 0 Å². The summed E-state index contributed by atoms with van der Waals surface area (Å²) in [4.78, 5) is 0. The Bertz CT molecular complexity index is 689. The maximum Gasteiger partial charge on any atom is 0.0823 e. The number of hydrogen-bond donors (Lipinski definition) is 1. The zero-order valence-electron chi connectivity index (χ0n) is 17.1. The van der Waals surface area contributed by atoms with Crippen LogP contribution in [-0.4, -0.2) is 5.11 Å². The molecule has 0 aliphatic heterocycles. The van der Waals surface area contributed by atoms with Crippen LogP contribution in [0.3, 0.4) is 0 Å². The van der Waals surface area contributed by atoms with Crippen LogP contribution in [0.2, 0.25) is 0 Å². The van der Waals surface area contributed by atoms with E-state index in [1.165, 1.54) is 37.7 Å². The van der Waals surface area contributed by atoms with Crippen molar-refractivity contribution < 1.29 is 5.11 Å². The highest BCUT2D eigenvalue weighted by atomic mass is 16.3. The Hall–Kier alpha value is -1.08. The third kappa shape index (κ3) is 2.39. The average Bonchev–Trinajstić information content (AvgIpc) is 2.91. The molecule has 0 spiro atoms. The summed E-state index contributed by atoms with van der Waals surface area (Å²) in [5, 5.41) is 11.2. The van der Waals surface area contributed by atoms with E-state index in [0.717, 1.165) is 17.9 Å². The van der Waals surface area contributed by atoms with Gasteiger partial charge in [0.25, 0.3) is 0 Å². The molecule has 0 amide bonds. The van der Waals surface area contributed by atoms with Crippen LogP contribution in [0.15, 0.2) is 42.5 Å². The standard InChI is InChI=1S/C25H36O/c1-17-11-12-21-24(17,4)16-14-20-23(2,3)19(13-15-25(20,21)5)22(26)18-9-7-6-8-10-18/h6-10,19-22,26H,1,11-16H2,2-5H3/t19-,20+,21+,22?,24?,25+/m1/s1. The lowest BCUT2D eigenvalue weighted by Crippen LogP contribution is -2.56. The maximum absolute atomic E-state index is 11.2. The highest BCUT2D eigenvalue weighted by Crippen LogP contribution is 2.71. The summed E-state index contributed by atoms with van der Waals surface area (Å²) >= 11 is 0. The first-order chi connectivity index (χ1) is 12.2. The lowest BCUT2D eigenvalue weighted by Gasteiger charge is -2.63. The molecule has 0 bridgehead atoms. The largest absolute Gasteiger partial charge is 0.388 e. The quantitative estimate of drug-likeness (QED) is 0.599. The summed E-state index contributed by atoms with van der Waals surface area (Å²) in [7, 11) is 0. The summed E-state index contributed by atoms with van der Waals surface area (Å²) in [6.45, 7) is 14.4. The third-order valence-electron chi connectivity index (χ3n) is 9.23. The van der Waals surface area contributed by atoms with Crippen molar-refractivity contribution in [2.75, 3.05) is 0 Å². The fraction of sp³-hybridized carbons (Fsp3) is 0.680. The summed E-state index contributed by atoms with van der Waals surface area (Å²) < 4.78 is 0. The molecular formula is C25H36O. The third-order valence-corrected chi connectivity index (χ3v) is 9.23. The topological polar surface area (TPSA) is 20.2 Å². The number of rotatable bonds is 2. The van der Waals surface area contributed by atoms with Gasteiger partial charge in [-0.25, -0.2) is 0 Å². The summed E-state index contributed by atoms with van der Waals surface area (Å²) in [6.07, 6.45) is 7.16. The molecule has 1 aromatic carbocycles. The fourth-order valence-electron chi connectivity index (χ4n) is 7.71. The molecule has 3 aliphatic carbocycles. The Morgan fingerprint density at radius 1 is 0.962 bits per heavy atom. The van der Waals surface area contributed by atoms with Gasteiger partial charge in [0.05, 0.1) is 6.10 Å². The molecule has 1 heteroatoms. The molecule has 0 radical (unpaired) electrons. The monoisotopic (exact) mass is 352 g/mol. The van der Waals surface area contributed by atoms with Crippen LogP contribution >= 0.6 is 0 Å². The normalized spacial score (nSPS) is 42.8. The fourth-order valence-corrected chi connectivity index (χ4v) is 7.71. The predicted molar refractivity (Wildman–Crippen MR) is 109 cm³/mol. The number of benzene rings is 1. The molecule has 3 fully saturated rings. The second-order valence-corrected chi connectivity index (χ2v) is 10.5. The molecule has 0 saturated heterocycles. The van der Waals surface area contributed by atoms with E-state index in [4.69, 9.17) is 0 Å². The lowest BCUT2D eigenvalue weighted by atomic mass is 9.41. The van der Waals surface area contributed by atoms with Crippen molar-refractivity contribution in [3.05, 3.63) is 48.0 Å². The molecule has 1 N–H and O–H groups in total. The Morgan fingerprint density at radius 3 is 2.35 bits per heavy atom. The van der Waals surface area contributed by atoms with Crippen LogP contribution in [0.4, 0.5) is 0 Å². The zero-order valence-corrected chi connectivity index (χ0v) is 17.1. The van der Waals surface area contributed by atoms with Gasteiger partial charge in [-0.15, -0.1) is 0 Å². The highest BCUT2D eigenvalue weighted by Gasteiger charge is 2.62. The van der Waals surface area contributed by atoms with Crippen LogP contribution in [0.1, 0.15) is 77.9 Å². The van der Waals surface area contributed by atoms with Crippen molar-refractivity contribution >= 4 is 0 Å². The minimum absolute atomic E-state index is 0.160. The summed E-state index contributed by atoms with van der Waals surface area (Å²) in [5.74, 6) is 1.81. The molecule has 0 aromatic heterocycles. The SMILES string of the molecule is C=C1CC[C@H]2C1(C)CC[C@H]1C(C)(C)[C@@H](C(O)c3ccccc3)CC[C@]21C. The van der Waals surface area contributed by atoms with E-state index >= 15 is 0 Å². The van der Waals surface area contributed by atoms with E-state index in [2.05, 4.69) is 58.5 Å². The van der Waals surface area contributed by atoms with E-state index in [9.17, 15) is 5.11 Å². The van der Waals surface area contributed by atoms with E-state index in [-0.39, 0.29) is 11.5 Å². The number of aliphatic hydroxyl groups excluding tert-OH is 1. The van der Waals surface area contributed by atoms with Crippen LogP contribution in [0.5, 0.6) is 0 Å². The molecular weight excluding hydrogens is 316 g/mol. The van der Waals surface area contributed by atoms with Gasteiger partial charge in [-0.3, -0.25) is 0 Å². The van der Waals surface area contributed by atoms with Gasteiger partial charge in [-0.05, 0) is 78.1 Å². The Balaban J connectivity index is 1.66. The second kappa shape index (κ2) is 5.96. The van der Waals surface area contributed by atoms with Gasteiger partial charge in [0.15, 0.2) is 0 Å². The summed E-state index contributed by atoms with van der Waals surface area (Å²) in [5.41, 5.74) is 3.50. The first kappa shape index (κ1) is 18.3. The van der Waals surface area contributed by atoms with Gasteiger partial charge >= 0.3 is 0 Å². The number of aliphatic hydroxyl groups is 1. The first-order valence-corrected chi connectivity index (χ1v) is 10.6. The second-order valence-electron chi connectivity index (χ2n) is 10.5. The van der Waals surface area contributed by atoms with E-state index < -0.39 is 0 Å². The average molecular weight is 353 g/mol. The van der Waals surface area contributed by atoms with Crippen molar-refractivity contribution in [3.63, 3.8) is 0 Å². The molecule has 0 heterocycles. The molecule has 26 heavy (non-hydrogen) atoms. The molecule has 142 valence electrons. The Kier molecular flexibility index (Phi) is 4.19. The minimum atomic E-state index is -0.345. The van der Waals surface area contributed by atoms with Gasteiger partial charge in [-0.2, -0.15) is 0 Å². The van der Waals surface area contributed by atoms with Crippen molar-refractivity contribution in [2.24, 2.45) is 34.0 Å². The van der Waals surface area contributed by atoms with Gasteiger partial charge in [-0.1, -0.05) is 70.2 Å². The lowest BCUT2D eigenvalue weighted by molar-refractivity contribution is -0.155. The van der Waals surface area contributed by atoms with Gasteiger partial charge in [0.1, 0.15) is 0 Å². The van der Waals surface area contributed by atoms with E-state index in [0.29, 0.717) is 22.7 Å². The van der Waals surface area contributed by atoms with Crippen molar-refractivity contribution in [2.45, 2.75) is 72.3 Å². The van der Waals surface area contributed by atoms with E-state index in [1.54, 1.807) is 0 Å². The molecule has 6 atom stereocenters.